The Bertz CT molecular complexity index is 126. The van der Waals surface area contributed by atoms with Gasteiger partial charge < -0.3 is 11.5 Å². The number of nitrogens with two attached hydrogens (primary N) is 2. The lowest BCUT2D eigenvalue weighted by Crippen LogP contribution is -2.58. The Labute approximate surface area is 70.8 Å². The quantitative estimate of drug-likeness (QED) is 0.623. The molecule has 0 bridgehead atoms. The van der Waals surface area contributed by atoms with Crippen molar-refractivity contribution in [3.05, 3.63) is 0 Å². The van der Waals surface area contributed by atoms with E-state index < -0.39 is 4.33 Å². The van der Waals surface area contributed by atoms with E-state index in [1.54, 1.807) is 0 Å². The summed E-state index contributed by atoms with van der Waals surface area (Å²) in [7, 11) is 0. The maximum atomic E-state index is 5.93. The smallest absolute Gasteiger partial charge is 0.126 e. The molecule has 0 spiro atoms. The maximum Gasteiger partial charge on any atom is 0.126 e. The molecule has 1 saturated carbocycles. The molecular formula is C6H12Cl2N2. The van der Waals surface area contributed by atoms with Crippen LogP contribution in [0.15, 0.2) is 0 Å². The lowest BCUT2D eigenvalue weighted by molar-refractivity contribution is 0.136. The minimum Gasteiger partial charge on any atom is -0.330 e. The van der Waals surface area contributed by atoms with Gasteiger partial charge in [0.2, 0.25) is 0 Å². The van der Waals surface area contributed by atoms with E-state index in [0.29, 0.717) is 13.1 Å². The molecule has 1 aliphatic carbocycles. The highest BCUT2D eigenvalue weighted by molar-refractivity contribution is 6.49. The van der Waals surface area contributed by atoms with Crippen LogP contribution in [0.4, 0.5) is 0 Å². The molecule has 4 heteroatoms. The highest BCUT2D eigenvalue weighted by Crippen LogP contribution is 2.55. The van der Waals surface area contributed by atoms with E-state index >= 15 is 0 Å². The van der Waals surface area contributed by atoms with Crippen molar-refractivity contribution in [3.63, 3.8) is 0 Å². The van der Waals surface area contributed by atoms with Crippen LogP contribution in [0, 0.1) is 5.41 Å². The van der Waals surface area contributed by atoms with E-state index in [2.05, 4.69) is 0 Å². The van der Waals surface area contributed by atoms with Gasteiger partial charge in [-0.1, -0.05) is 0 Å². The standard InChI is InChI=1S/C6H12Cl2N2/c7-6(8)2-1-5(6,3-9)4-10/h1-4,9-10H2. The van der Waals surface area contributed by atoms with Gasteiger partial charge >= 0.3 is 0 Å². The molecule has 1 fully saturated rings. The Morgan fingerprint density at radius 1 is 1.10 bits per heavy atom. The van der Waals surface area contributed by atoms with Crippen molar-refractivity contribution in [3.8, 4) is 0 Å². The summed E-state index contributed by atoms with van der Waals surface area (Å²) in [6.07, 6.45) is 1.76. The second kappa shape index (κ2) is 2.52. The van der Waals surface area contributed by atoms with Gasteiger partial charge in [-0.05, 0) is 12.8 Å². The first-order valence-corrected chi connectivity index (χ1v) is 4.11. The fourth-order valence-corrected chi connectivity index (χ4v) is 1.94. The van der Waals surface area contributed by atoms with Crippen LogP contribution in [0.1, 0.15) is 12.8 Å². The summed E-state index contributed by atoms with van der Waals surface area (Å²) in [6.45, 7) is 0.965. The topological polar surface area (TPSA) is 52.0 Å². The molecule has 0 heterocycles. The van der Waals surface area contributed by atoms with Gasteiger partial charge in [0.05, 0.1) is 0 Å². The van der Waals surface area contributed by atoms with E-state index in [9.17, 15) is 0 Å². The van der Waals surface area contributed by atoms with Crippen molar-refractivity contribution in [1.82, 2.24) is 0 Å². The van der Waals surface area contributed by atoms with Gasteiger partial charge in [-0.2, -0.15) is 0 Å². The van der Waals surface area contributed by atoms with Gasteiger partial charge in [-0.25, -0.2) is 0 Å². The van der Waals surface area contributed by atoms with Crippen LogP contribution in [0.5, 0.6) is 0 Å². The van der Waals surface area contributed by atoms with E-state index in [0.717, 1.165) is 12.8 Å². The van der Waals surface area contributed by atoms with Crippen molar-refractivity contribution >= 4 is 23.2 Å². The normalized spacial score (nSPS) is 27.6. The Hall–Kier alpha value is 0.500. The van der Waals surface area contributed by atoms with Crippen molar-refractivity contribution in [1.29, 1.82) is 0 Å². The molecule has 0 radical (unpaired) electrons. The molecular weight excluding hydrogens is 171 g/mol. The molecule has 10 heavy (non-hydrogen) atoms. The van der Waals surface area contributed by atoms with Crippen LogP contribution in [0.3, 0.4) is 0 Å². The van der Waals surface area contributed by atoms with Crippen molar-refractivity contribution in [2.45, 2.75) is 17.2 Å². The van der Waals surface area contributed by atoms with Crippen LogP contribution >= 0.6 is 23.2 Å². The van der Waals surface area contributed by atoms with Gasteiger partial charge in [0.25, 0.3) is 0 Å². The van der Waals surface area contributed by atoms with E-state index in [4.69, 9.17) is 34.7 Å². The van der Waals surface area contributed by atoms with Crippen LogP contribution in [0.2, 0.25) is 0 Å². The van der Waals surface area contributed by atoms with E-state index in [1.807, 2.05) is 0 Å². The molecule has 1 aliphatic rings. The zero-order chi connectivity index (χ0) is 7.83. The van der Waals surface area contributed by atoms with E-state index in [1.165, 1.54) is 0 Å². The summed E-state index contributed by atoms with van der Waals surface area (Å²) in [6, 6.07) is 0. The number of halogens is 2. The number of hydrogen-bond acceptors (Lipinski definition) is 2. The Morgan fingerprint density at radius 3 is 1.60 bits per heavy atom. The van der Waals surface area contributed by atoms with Crippen molar-refractivity contribution in [2.75, 3.05) is 13.1 Å². The zero-order valence-corrected chi connectivity index (χ0v) is 7.25. The van der Waals surface area contributed by atoms with Crippen molar-refractivity contribution in [2.24, 2.45) is 16.9 Å². The Morgan fingerprint density at radius 2 is 1.60 bits per heavy atom. The molecule has 0 amide bonds. The Kier molecular flexibility index (Phi) is 2.17. The monoisotopic (exact) mass is 182 g/mol. The van der Waals surface area contributed by atoms with Gasteiger partial charge in [-0.3, -0.25) is 0 Å². The summed E-state index contributed by atoms with van der Waals surface area (Å²) < 4.78 is -0.670. The minimum absolute atomic E-state index is 0.212. The van der Waals surface area contributed by atoms with Gasteiger partial charge in [-0.15, -0.1) is 23.2 Å². The molecule has 4 N–H and O–H groups in total. The molecule has 0 saturated heterocycles. The fourth-order valence-electron chi connectivity index (χ4n) is 1.25. The largest absolute Gasteiger partial charge is 0.330 e. The molecule has 0 unspecified atom stereocenters. The highest BCUT2D eigenvalue weighted by Gasteiger charge is 2.55. The van der Waals surface area contributed by atoms with E-state index in [-0.39, 0.29) is 5.41 Å². The first-order valence-electron chi connectivity index (χ1n) is 3.36. The van der Waals surface area contributed by atoms with Gasteiger partial charge in [0.1, 0.15) is 4.33 Å². The average Bonchev–Trinajstić information content (AvgIpc) is 1.89. The predicted octanol–water partition coefficient (Wildman–Crippen LogP) is 0.858. The molecule has 2 nitrogen and oxygen atoms in total. The number of rotatable bonds is 2. The fraction of sp³-hybridized carbons (Fsp3) is 1.00. The van der Waals surface area contributed by atoms with Gasteiger partial charge in [0.15, 0.2) is 0 Å². The molecule has 60 valence electrons. The Balaban J connectivity index is 2.67. The van der Waals surface area contributed by atoms with Crippen LogP contribution < -0.4 is 11.5 Å². The number of hydrogen-bond donors (Lipinski definition) is 2. The minimum atomic E-state index is -0.670. The summed E-state index contributed by atoms with van der Waals surface area (Å²) in [5.41, 5.74) is 10.8. The molecule has 0 atom stereocenters. The molecule has 0 aromatic heterocycles. The summed E-state index contributed by atoms with van der Waals surface area (Å²) in [5.74, 6) is 0. The summed E-state index contributed by atoms with van der Waals surface area (Å²) in [4.78, 5) is 0. The third-order valence-electron chi connectivity index (χ3n) is 2.47. The first-order chi connectivity index (χ1) is 4.58. The third kappa shape index (κ3) is 0.944. The number of alkyl halides is 2. The lowest BCUT2D eigenvalue weighted by atomic mass is 9.68. The molecule has 0 aromatic rings. The van der Waals surface area contributed by atoms with Gasteiger partial charge in [0, 0.05) is 18.5 Å². The zero-order valence-electron chi connectivity index (χ0n) is 5.74. The SMILES string of the molecule is NCC1(CN)CCC1(Cl)Cl. The maximum absolute atomic E-state index is 5.93. The van der Waals surface area contributed by atoms with Crippen LogP contribution in [-0.4, -0.2) is 17.4 Å². The third-order valence-corrected chi connectivity index (χ3v) is 3.65. The second-order valence-electron chi connectivity index (χ2n) is 2.89. The molecule has 0 aliphatic heterocycles. The first kappa shape index (κ1) is 8.60. The highest BCUT2D eigenvalue weighted by atomic mass is 35.5. The summed E-state index contributed by atoms with van der Waals surface area (Å²) in [5, 5.41) is 0. The average molecular weight is 183 g/mol. The van der Waals surface area contributed by atoms with Crippen molar-refractivity contribution < 1.29 is 0 Å². The molecule has 0 aromatic carbocycles. The molecule has 1 rings (SSSR count). The summed E-state index contributed by atoms with van der Waals surface area (Å²) >= 11 is 11.9. The van der Waals surface area contributed by atoms with Crippen LogP contribution in [-0.2, 0) is 0 Å². The second-order valence-corrected chi connectivity index (χ2v) is 4.38. The predicted molar refractivity (Wildman–Crippen MR) is 44.2 cm³/mol. The lowest BCUT2D eigenvalue weighted by Gasteiger charge is -2.51. The van der Waals surface area contributed by atoms with Crippen LogP contribution in [0.25, 0.3) is 0 Å².